The molecule has 0 radical (unpaired) electrons. The molecule has 110 valence electrons. The Labute approximate surface area is 124 Å². The maximum absolute atomic E-state index is 12.2. The lowest BCUT2D eigenvalue weighted by molar-refractivity contribution is -0.121. The summed E-state index contributed by atoms with van der Waals surface area (Å²) in [4.78, 5) is 23.4. The number of halogens is 1. The van der Waals surface area contributed by atoms with Crippen LogP contribution in [0.2, 0.25) is 0 Å². The number of benzene rings is 1. The van der Waals surface area contributed by atoms with Crippen molar-refractivity contribution in [3.63, 3.8) is 0 Å². The minimum absolute atomic E-state index is 0. The van der Waals surface area contributed by atoms with E-state index in [0.29, 0.717) is 24.1 Å². The van der Waals surface area contributed by atoms with E-state index in [2.05, 4.69) is 5.32 Å². The highest BCUT2D eigenvalue weighted by atomic mass is 35.5. The van der Waals surface area contributed by atoms with E-state index in [1.54, 1.807) is 25.1 Å². The Morgan fingerprint density at radius 3 is 2.40 bits per heavy atom. The van der Waals surface area contributed by atoms with Gasteiger partial charge in [-0.1, -0.05) is 18.9 Å². The second kappa shape index (κ2) is 6.24. The molecule has 1 aromatic rings. The van der Waals surface area contributed by atoms with Gasteiger partial charge < -0.3 is 16.8 Å². The Kier molecular flexibility index (Phi) is 5.14. The number of rotatable bonds is 3. The number of amides is 2. The molecule has 6 heteroatoms. The highest BCUT2D eigenvalue weighted by molar-refractivity contribution is 6.00. The molecule has 5 nitrogen and oxygen atoms in total. The second-order valence-electron chi connectivity index (χ2n) is 5.21. The third-order valence-electron chi connectivity index (χ3n) is 3.71. The molecule has 0 aromatic heterocycles. The summed E-state index contributed by atoms with van der Waals surface area (Å²) in [5.41, 5.74) is 12.3. The van der Waals surface area contributed by atoms with Crippen LogP contribution in [-0.2, 0) is 4.79 Å². The standard InChI is InChI=1S/C14H19N3O2.ClH/c1-9-4-5-10(8-11(9)12(15)18)17-13(19)14(16)6-2-3-7-14;/h4-5,8H,2-3,6-7,16H2,1H3,(H2,15,18)(H,17,19);1H. The molecule has 0 atom stereocenters. The fourth-order valence-corrected chi connectivity index (χ4v) is 2.45. The zero-order valence-electron chi connectivity index (χ0n) is 11.4. The number of nitrogens with two attached hydrogens (primary N) is 2. The molecule has 2 amide bonds. The van der Waals surface area contributed by atoms with Crippen LogP contribution in [0.5, 0.6) is 0 Å². The number of carbonyl (C=O) groups excluding carboxylic acids is 2. The summed E-state index contributed by atoms with van der Waals surface area (Å²) >= 11 is 0. The predicted molar refractivity (Wildman–Crippen MR) is 81.0 cm³/mol. The SMILES string of the molecule is Cc1ccc(NC(=O)C2(N)CCCC2)cc1C(N)=O.Cl. The lowest BCUT2D eigenvalue weighted by Gasteiger charge is -2.22. The van der Waals surface area contributed by atoms with Crippen LogP contribution >= 0.6 is 12.4 Å². The van der Waals surface area contributed by atoms with E-state index in [9.17, 15) is 9.59 Å². The summed E-state index contributed by atoms with van der Waals surface area (Å²) in [6.45, 7) is 1.80. The average Bonchev–Trinajstić information content (AvgIpc) is 2.79. The quantitative estimate of drug-likeness (QED) is 0.792. The van der Waals surface area contributed by atoms with E-state index < -0.39 is 11.4 Å². The van der Waals surface area contributed by atoms with E-state index in [4.69, 9.17) is 11.5 Å². The van der Waals surface area contributed by atoms with Crippen LogP contribution in [-0.4, -0.2) is 17.4 Å². The number of carbonyl (C=O) groups is 2. The molecule has 0 saturated heterocycles. The van der Waals surface area contributed by atoms with Crippen LogP contribution in [0.1, 0.15) is 41.6 Å². The molecular weight excluding hydrogens is 278 g/mol. The molecular formula is C14H20ClN3O2. The van der Waals surface area contributed by atoms with E-state index in [0.717, 1.165) is 18.4 Å². The Morgan fingerprint density at radius 2 is 1.85 bits per heavy atom. The highest BCUT2D eigenvalue weighted by Gasteiger charge is 2.36. The minimum atomic E-state index is -0.780. The fraction of sp³-hybridized carbons (Fsp3) is 0.429. The molecule has 1 aliphatic rings. The zero-order valence-corrected chi connectivity index (χ0v) is 12.3. The molecule has 0 unspecified atom stereocenters. The van der Waals surface area contributed by atoms with E-state index >= 15 is 0 Å². The molecule has 1 aliphatic carbocycles. The first-order valence-electron chi connectivity index (χ1n) is 6.43. The van der Waals surface area contributed by atoms with Crippen LogP contribution in [0.4, 0.5) is 5.69 Å². The van der Waals surface area contributed by atoms with Gasteiger partial charge in [-0.3, -0.25) is 9.59 Å². The number of nitrogens with one attached hydrogen (secondary N) is 1. The van der Waals surface area contributed by atoms with Gasteiger partial charge in [0.25, 0.3) is 0 Å². The van der Waals surface area contributed by atoms with E-state index in [1.165, 1.54) is 0 Å². The summed E-state index contributed by atoms with van der Waals surface area (Å²) in [5, 5.41) is 2.78. The number of aryl methyl sites for hydroxylation is 1. The van der Waals surface area contributed by atoms with Gasteiger partial charge in [-0.2, -0.15) is 0 Å². The average molecular weight is 298 g/mol. The van der Waals surface area contributed by atoms with Gasteiger partial charge in [-0.25, -0.2) is 0 Å². The predicted octanol–water partition coefficient (Wildman–Crippen LogP) is 1.73. The summed E-state index contributed by atoms with van der Waals surface area (Å²) in [5.74, 6) is -0.693. The first-order chi connectivity index (χ1) is 8.92. The molecule has 20 heavy (non-hydrogen) atoms. The highest BCUT2D eigenvalue weighted by Crippen LogP contribution is 2.28. The van der Waals surface area contributed by atoms with Crippen molar-refractivity contribution in [2.75, 3.05) is 5.32 Å². The summed E-state index contributed by atoms with van der Waals surface area (Å²) < 4.78 is 0. The Morgan fingerprint density at radius 1 is 1.25 bits per heavy atom. The normalized spacial score (nSPS) is 16.3. The fourth-order valence-electron chi connectivity index (χ4n) is 2.45. The summed E-state index contributed by atoms with van der Waals surface area (Å²) in [6, 6.07) is 5.10. The van der Waals surface area contributed by atoms with Crippen molar-refractivity contribution in [3.05, 3.63) is 29.3 Å². The molecule has 5 N–H and O–H groups in total. The van der Waals surface area contributed by atoms with Crippen LogP contribution in [0.25, 0.3) is 0 Å². The third-order valence-corrected chi connectivity index (χ3v) is 3.71. The molecule has 0 spiro atoms. The van der Waals surface area contributed by atoms with Gasteiger partial charge in [0.15, 0.2) is 0 Å². The Balaban J connectivity index is 0.00000200. The van der Waals surface area contributed by atoms with Crippen LogP contribution in [0, 0.1) is 6.92 Å². The Bertz CT molecular complexity index is 525. The molecule has 0 heterocycles. The van der Waals surface area contributed by atoms with Crippen molar-refractivity contribution in [1.82, 2.24) is 0 Å². The Hall–Kier alpha value is -1.59. The van der Waals surface area contributed by atoms with Gasteiger partial charge in [0.1, 0.15) is 0 Å². The third kappa shape index (κ3) is 3.29. The smallest absolute Gasteiger partial charge is 0.249 e. The number of hydrogen-bond donors (Lipinski definition) is 3. The van der Waals surface area contributed by atoms with E-state index in [1.807, 2.05) is 0 Å². The van der Waals surface area contributed by atoms with Crippen molar-refractivity contribution in [2.45, 2.75) is 38.1 Å². The summed E-state index contributed by atoms with van der Waals surface area (Å²) in [6.07, 6.45) is 3.36. The number of anilines is 1. The van der Waals surface area contributed by atoms with Gasteiger partial charge in [0, 0.05) is 11.3 Å². The van der Waals surface area contributed by atoms with Crippen LogP contribution in [0.15, 0.2) is 18.2 Å². The van der Waals surface area contributed by atoms with Gasteiger partial charge in [0.05, 0.1) is 5.54 Å². The lowest BCUT2D eigenvalue weighted by Crippen LogP contribution is -2.48. The van der Waals surface area contributed by atoms with Crippen LogP contribution < -0.4 is 16.8 Å². The molecule has 1 aromatic carbocycles. The number of hydrogen-bond acceptors (Lipinski definition) is 3. The van der Waals surface area contributed by atoms with Gasteiger partial charge in [-0.05, 0) is 37.5 Å². The first kappa shape index (κ1) is 16.5. The molecule has 0 bridgehead atoms. The minimum Gasteiger partial charge on any atom is -0.366 e. The number of primary amides is 1. The second-order valence-corrected chi connectivity index (χ2v) is 5.21. The van der Waals surface area contributed by atoms with Crippen molar-refractivity contribution < 1.29 is 9.59 Å². The maximum Gasteiger partial charge on any atom is 0.249 e. The van der Waals surface area contributed by atoms with Gasteiger partial charge in [0.2, 0.25) is 11.8 Å². The van der Waals surface area contributed by atoms with Crippen molar-refractivity contribution >= 4 is 29.9 Å². The molecule has 2 rings (SSSR count). The lowest BCUT2D eigenvalue weighted by atomic mass is 9.98. The van der Waals surface area contributed by atoms with Gasteiger partial charge >= 0.3 is 0 Å². The summed E-state index contributed by atoms with van der Waals surface area (Å²) in [7, 11) is 0. The van der Waals surface area contributed by atoms with Crippen molar-refractivity contribution in [3.8, 4) is 0 Å². The zero-order chi connectivity index (χ0) is 14.0. The van der Waals surface area contributed by atoms with Crippen LogP contribution in [0.3, 0.4) is 0 Å². The molecule has 1 fully saturated rings. The van der Waals surface area contributed by atoms with Gasteiger partial charge in [-0.15, -0.1) is 12.4 Å². The first-order valence-corrected chi connectivity index (χ1v) is 6.43. The molecule has 0 aliphatic heterocycles. The van der Waals surface area contributed by atoms with Crippen molar-refractivity contribution in [1.29, 1.82) is 0 Å². The maximum atomic E-state index is 12.2. The topological polar surface area (TPSA) is 98.2 Å². The molecule has 1 saturated carbocycles. The largest absolute Gasteiger partial charge is 0.366 e. The van der Waals surface area contributed by atoms with E-state index in [-0.39, 0.29) is 18.3 Å². The monoisotopic (exact) mass is 297 g/mol. The van der Waals surface area contributed by atoms with Crippen molar-refractivity contribution in [2.24, 2.45) is 11.5 Å².